The predicted octanol–water partition coefficient (Wildman–Crippen LogP) is -3.16. The van der Waals surface area contributed by atoms with Crippen LogP contribution < -0.4 is 44.2 Å². The molecule has 0 aromatic heterocycles. The maximum atomic E-state index is 12.2. The lowest BCUT2D eigenvalue weighted by Crippen LogP contribution is -2.56. The average Bonchev–Trinajstić information content (AvgIpc) is 1.63. The van der Waals surface area contributed by atoms with Gasteiger partial charge in [0.15, 0.2) is 65.9 Å². The van der Waals surface area contributed by atoms with Crippen molar-refractivity contribution in [3.05, 3.63) is 0 Å². The van der Waals surface area contributed by atoms with E-state index < -0.39 is 133 Å². The van der Waals surface area contributed by atoms with E-state index in [0.29, 0.717) is 60.9 Å². The van der Waals surface area contributed by atoms with Crippen LogP contribution in [0.25, 0.3) is 0 Å². The van der Waals surface area contributed by atoms with E-state index in [1.54, 1.807) is 6.92 Å². The molecule has 23 unspecified atom stereocenters. The zero-order valence-corrected chi connectivity index (χ0v) is 71.8. The number of nitrogens with two attached hydrogens (primary N) is 4. The average molecular weight is 1770 g/mol. The maximum Gasteiger partial charge on any atom is 0.332 e. The molecule has 22 N–H and O–H groups in total. The summed E-state index contributed by atoms with van der Waals surface area (Å²) < 4.78 is 46.9. The van der Waals surface area contributed by atoms with Gasteiger partial charge in [-0.2, -0.15) is 0 Å². The number of carboxylic acids is 6. The summed E-state index contributed by atoms with van der Waals surface area (Å²) in [5.41, 5.74) is 23.8. The Kier molecular flexibility index (Phi) is 45.0. The van der Waals surface area contributed by atoms with Crippen LogP contribution in [0.3, 0.4) is 0 Å². The second kappa shape index (κ2) is 52.8. The Bertz CT molecular complexity index is 3900. The lowest BCUT2D eigenvalue weighted by atomic mass is 9.94. The zero-order chi connectivity index (χ0) is 92.9. The zero-order valence-electron chi connectivity index (χ0n) is 71.8. The number of carboxylic acid groups (broad SMARTS) is 6. The van der Waals surface area contributed by atoms with Crippen molar-refractivity contribution >= 4 is 118 Å². The number of Topliss-reactive ketones (excluding diaryl/α,β-unsaturated/α-hetero) is 1. The van der Waals surface area contributed by atoms with Crippen molar-refractivity contribution in [1.82, 2.24) is 21.3 Å². The monoisotopic (exact) mass is 1770 g/mol. The minimum atomic E-state index is -1.19. The Labute approximate surface area is 716 Å². The molecule has 0 aliphatic carbocycles. The number of nitrogens with one attached hydrogen (secondary N) is 4. The molecular formula is C77H125N17O30. The number of aliphatic carboxylic acids is 6. The standard InChI is InChI=1S/C13H22N2O5.C12H21N3O5.2C12H19N3O4.C12H22N2O3.C8H12N2O5.C8H10N2O4/c1-3-7(2)11(14)12-15-9(6-20-12)10(17)4-8(5-16)13(18)19;1-3-6(2)9(13)10(17)14-7(4-16)11-15-8(5-20-11)12(18)19;1-3-6(2)9-11(18)13-7(4-16)12-14-8(5-19-12)10(17)15-9;1-3-6(2)9(13)11-14-7(4-19-11)10-15-8(5-18-10)12(16)17;1-3-4-8(2)9(13)5-6-11-14-10(7-17-11)12(15)16;1-4(12)9-5(2-11)7-10-6(3-15-7)8(13)14;1-4-9-5(2-13-4)7-10-6(3-14-7)8(11)12/h7-9,11,16H,3-6,14H2,1-2H3,(H,18,19);6-9,16H,3-5,13H2,1-2H3,(H,14,17)(H,18,19);6-9,16H,3-5H2,1-2H3,(H,13,18)(H,15,17);6-9H,3-5,13H2,1-2H3,(H,16,17);8-10H,3-7,13H2,1-2H3,(H,15,16);5-6,11H,2-3H2,1H3,(H,9,12)(H,13,14);5-6H,2-3H2,1H3,(H,11,12). The molecule has 47 nitrogen and oxygen atoms in total. The van der Waals surface area contributed by atoms with Gasteiger partial charge >= 0.3 is 35.8 Å². The number of carbonyl (C=O) groups excluding carboxylic acids is 5. The smallest absolute Gasteiger partial charge is 0.332 e. The van der Waals surface area contributed by atoms with E-state index in [0.717, 1.165) is 44.9 Å². The van der Waals surface area contributed by atoms with E-state index in [1.807, 2.05) is 48.5 Å². The van der Waals surface area contributed by atoms with Crippen LogP contribution in [0.15, 0.2) is 44.9 Å². The summed E-state index contributed by atoms with van der Waals surface area (Å²) in [5, 5.41) is 99.2. The molecule has 0 aromatic rings. The molecule has 10 rings (SSSR count). The number of aliphatic hydroxyl groups is 4. The normalized spacial score (nSPS) is 25.8. The highest BCUT2D eigenvalue weighted by Crippen LogP contribution is 2.23. The van der Waals surface area contributed by atoms with Crippen molar-refractivity contribution in [3.8, 4) is 0 Å². The van der Waals surface area contributed by atoms with Gasteiger partial charge in [-0.05, 0) is 42.4 Å². The van der Waals surface area contributed by atoms with Crippen molar-refractivity contribution in [1.29, 1.82) is 0 Å². The molecule has 47 heteroatoms. The van der Waals surface area contributed by atoms with Gasteiger partial charge in [-0.3, -0.25) is 28.8 Å². The van der Waals surface area contributed by atoms with Crippen LogP contribution in [0.2, 0.25) is 0 Å². The molecule has 0 spiro atoms. The van der Waals surface area contributed by atoms with E-state index in [-0.39, 0.29) is 161 Å². The van der Waals surface area contributed by atoms with Gasteiger partial charge in [0.25, 0.3) is 0 Å². The van der Waals surface area contributed by atoms with Gasteiger partial charge in [0.1, 0.15) is 89.7 Å². The van der Waals surface area contributed by atoms with Crippen LogP contribution in [0.4, 0.5) is 0 Å². The van der Waals surface area contributed by atoms with Gasteiger partial charge in [0.2, 0.25) is 64.9 Å². The second-order valence-electron chi connectivity index (χ2n) is 30.5. The first kappa shape index (κ1) is 106. The molecule has 10 aliphatic rings. The summed E-state index contributed by atoms with van der Waals surface area (Å²) in [6, 6.07) is -10.4. The van der Waals surface area contributed by atoms with Gasteiger partial charge in [-0.15, -0.1) is 0 Å². The number of ketones is 1. The van der Waals surface area contributed by atoms with Crippen LogP contribution in [0.1, 0.15) is 141 Å². The van der Waals surface area contributed by atoms with E-state index in [9.17, 15) is 63.0 Å². The summed E-state index contributed by atoms with van der Waals surface area (Å²) in [6.07, 6.45) is 6.74. The lowest BCUT2D eigenvalue weighted by molar-refractivity contribution is -0.145. The molecule has 0 radical (unpaired) electrons. The number of aliphatic hydroxyl groups excluding tert-OH is 4. The number of aliphatic imine (C=N–C) groups is 9. The van der Waals surface area contributed by atoms with Crippen LogP contribution in [-0.4, -0.2) is 358 Å². The van der Waals surface area contributed by atoms with E-state index in [4.69, 9.17) is 106 Å². The second-order valence-corrected chi connectivity index (χ2v) is 30.5. The molecule has 0 aromatic carbocycles. The fraction of sp³-hybridized carbons (Fsp3) is 0.740. The third-order valence-electron chi connectivity index (χ3n) is 20.9. The molecule has 4 amide bonds. The van der Waals surface area contributed by atoms with Gasteiger partial charge in [-0.1, -0.05) is 101 Å². The third kappa shape index (κ3) is 33.1. The van der Waals surface area contributed by atoms with Crippen LogP contribution in [0, 0.1) is 35.5 Å². The number of hydrogen-bond acceptors (Lipinski definition) is 37. The molecular weight excluding hydrogens is 1640 g/mol. The maximum absolute atomic E-state index is 12.2. The van der Waals surface area contributed by atoms with Gasteiger partial charge in [-0.25, -0.2) is 68.9 Å². The quantitative estimate of drug-likeness (QED) is 0.0294. The van der Waals surface area contributed by atoms with E-state index in [2.05, 4.69) is 87.0 Å². The summed E-state index contributed by atoms with van der Waals surface area (Å²) in [4.78, 5) is 159. The highest BCUT2D eigenvalue weighted by Gasteiger charge is 2.41. The predicted molar refractivity (Wildman–Crippen MR) is 444 cm³/mol. The number of amides is 4. The first-order chi connectivity index (χ1) is 58.6. The highest BCUT2D eigenvalue weighted by atomic mass is 16.5. The number of carbonyl (C=O) groups is 11. The summed E-state index contributed by atoms with van der Waals surface area (Å²) in [7, 11) is 0. The molecule has 0 fully saturated rings. The summed E-state index contributed by atoms with van der Waals surface area (Å²) in [6.45, 7) is 22.4. The molecule has 698 valence electrons. The molecule has 23 atom stereocenters. The Morgan fingerprint density at radius 2 is 0.887 bits per heavy atom. The molecule has 10 heterocycles. The van der Waals surface area contributed by atoms with Crippen LogP contribution in [-0.2, 0) is 95.4 Å². The minimum absolute atomic E-state index is 0.00541. The first-order valence-corrected chi connectivity index (χ1v) is 41.0. The SMILES string of the molecule is CC(=O)NC(CO)C1=NC(C(=O)O)CO1.CC1=NC(C2=NC(C(=O)O)CO2)CO1.CCC(C)C(N)C(=O)NC(CO)C1=NC(C(=O)O)CO1.CCC(C)C(N)C1=NC(C(=O)CC(CO)C(=O)O)CO1.CCC(C)C(N)C1=NC(C2=NC(C(=O)O)CO2)CO1.CCC(C)C1NC(=O)C2COC(=N2)C(CO)NC1=O.CCCC(C)C(N)CCC1=NC(C(=O)O)CO1. The highest BCUT2D eigenvalue weighted by molar-refractivity contribution is 5.99. The number of hydrogen-bond donors (Lipinski definition) is 18. The van der Waals surface area contributed by atoms with Crippen molar-refractivity contribution < 1.29 is 146 Å². The van der Waals surface area contributed by atoms with Crippen molar-refractivity contribution in [2.45, 2.75) is 244 Å². The third-order valence-corrected chi connectivity index (χ3v) is 20.9. The Morgan fingerprint density at radius 3 is 1.32 bits per heavy atom. The van der Waals surface area contributed by atoms with Crippen LogP contribution in [0.5, 0.6) is 0 Å². The lowest BCUT2D eigenvalue weighted by Gasteiger charge is -2.26. The summed E-state index contributed by atoms with van der Waals surface area (Å²) in [5.74, 6) is -5.21. The Hall–Kier alpha value is -10.7. The number of ether oxygens (including phenoxy) is 9. The van der Waals surface area contributed by atoms with Gasteiger partial charge < -0.3 is 138 Å². The topological polar surface area (TPSA) is 737 Å². The fourth-order valence-corrected chi connectivity index (χ4v) is 11.9. The number of rotatable bonds is 36. The number of fused-ring (bicyclic) bond motifs is 1. The molecule has 2 bridgehead atoms. The number of nitrogens with zero attached hydrogens (tertiary/aromatic N) is 9. The molecule has 124 heavy (non-hydrogen) atoms. The Morgan fingerprint density at radius 1 is 0.452 bits per heavy atom. The minimum Gasteiger partial charge on any atom is -0.481 e. The Balaban J connectivity index is 0.000000304. The van der Waals surface area contributed by atoms with Crippen molar-refractivity contribution in [3.63, 3.8) is 0 Å². The fourth-order valence-electron chi connectivity index (χ4n) is 11.9. The first-order valence-electron chi connectivity index (χ1n) is 41.0. The van der Waals surface area contributed by atoms with E-state index in [1.165, 1.54) is 6.92 Å². The van der Waals surface area contributed by atoms with Crippen molar-refractivity contribution in [2.24, 2.45) is 103 Å². The summed E-state index contributed by atoms with van der Waals surface area (Å²) >= 11 is 0. The van der Waals surface area contributed by atoms with Gasteiger partial charge in [0.05, 0.1) is 50.5 Å². The van der Waals surface area contributed by atoms with Gasteiger partial charge in [0, 0.05) is 32.7 Å². The molecule has 10 aliphatic heterocycles. The van der Waals surface area contributed by atoms with Crippen LogP contribution >= 0.6 is 0 Å². The van der Waals surface area contributed by atoms with E-state index >= 15 is 0 Å². The largest absolute Gasteiger partial charge is 0.481 e. The molecule has 0 saturated carbocycles. The molecule has 0 saturated heterocycles. The van der Waals surface area contributed by atoms with Crippen molar-refractivity contribution in [2.75, 3.05) is 85.9 Å².